The van der Waals surface area contributed by atoms with Crippen LogP contribution in [0.3, 0.4) is 0 Å². The van der Waals surface area contributed by atoms with Gasteiger partial charge in [0.2, 0.25) is 0 Å². The first-order valence-electron chi connectivity index (χ1n) is 6.43. The summed E-state index contributed by atoms with van der Waals surface area (Å²) in [5, 5.41) is 3.15. The lowest BCUT2D eigenvalue weighted by Crippen LogP contribution is -1.83. The van der Waals surface area contributed by atoms with E-state index in [0.29, 0.717) is 0 Å². The largest absolute Gasteiger partial charge is 0.497 e. The Morgan fingerprint density at radius 1 is 0.900 bits per heavy atom. The van der Waals surface area contributed by atoms with Gasteiger partial charge in [-0.25, -0.2) is 4.98 Å². The van der Waals surface area contributed by atoms with Gasteiger partial charge in [0.25, 0.3) is 0 Å². The third-order valence-corrected chi connectivity index (χ3v) is 4.08. The number of hydrogen-bond acceptors (Lipinski definition) is 3. The summed E-state index contributed by atoms with van der Waals surface area (Å²) in [7, 11) is 1.67. The minimum Gasteiger partial charge on any atom is -0.497 e. The van der Waals surface area contributed by atoms with Crippen molar-refractivity contribution in [3.05, 3.63) is 59.5 Å². The zero-order valence-corrected chi connectivity index (χ0v) is 12.3. The van der Waals surface area contributed by atoms with Crippen LogP contribution >= 0.6 is 11.3 Å². The van der Waals surface area contributed by atoms with Crippen LogP contribution in [0.4, 0.5) is 0 Å². The van der Waals surface area contributed by atoms with Crippen LogP contribution in [0.1, 0.15) is 5.56 Å². The Labute approximate surface area is 122 Å². The molecule has 0 saturated heterocycles. The number of aromatic nitrogens is 1. The highest BCUT2D eigenvalue weighted by molar-refractivity contribution is 7.13. The van der Waals surface area contributed by atoms with Crippen molar-refractivity contribution < 1.29 is 4.74 Å². The first-order chi connectivity index (χ1) is 9.76. The van der Waals surface area contributed by atoms with Crippen molar-refractivity contribution in [3.8, 4) is 27.6 Å². The van der Waals surface area contributed by atoms with Crippen molar-refractivity contribution in [2.24, 2.45) is 0 Å². The first-order valence-corrected chi connectivity index (χ1v) is 7.31. The lowest BCUT2D eigenvalue weighted by molar-refractivity contribution is 0.415. The third kappa shape index (κ3) is 2.58. The molecule has 2 nitrogen and oxygen atoms in total. The molecular formula is C17H15NOS. The van der Waals surface area contributed by atoms with E-state index < -0.39 is 0 Å². The van der Waals surface area contributed by atoms with E-state index in [4.69, 9.17) is 9.72 Å². The molecule has 2 aromatic carbocycles. The number of thiazole rings is 1. The Morgan fingerprint density at radius 2 is 1.55 bits per heavy atom. The number of aryl methyl sites for hydroxylation is 1. The van der Waals surface area contributed by atoms with E-state index in [9.17, 15) is 0 Å². The predicted octanol–water partition coefficient (Wildman–Crippen LogP) is 4.79. The fraction of sp³-hybridized carbons (Fsp3) is 0.118. The van der Waals surface area contributed by atoms with Crippen molar-refractivity contribution in [2.75, 3.05) is 7.11 Å². The van der Waals surface area contributed by atoms with Crippen molar-refractivity contribution in [1.82, 2.24) is 4.98 Å². The molecule has 20 heavy (non-hydrogen) atoms. The Balaban J connectivity index is 1.91. The highest BCUT2D eigenvalue weighted by Gasteiger charge is 2.06. The van der Waals surface area contributed by atoms with Crippen molar-refractivity contribution in [1.29, 1.82) is 0 Å². The SMILES string of the molecule is COc1ccc(-c2csc(-c3ccc(C)cc3)n2)cc1. The summed E-state index contributed by atoms with van der Waals surface area (Å²) in [5.74, 6) is 0.864. The number of benzene rings is 2. The second kappa shape index (κ2) is 5.47. The summed E-state index contributed by atoms with van der Waals surface area (Å²) >= 11 is 1.67. The van der Waals surface area contributed by atoms with Gasteiger partial charge in [0.1, 0.15) is 10.8 Å². The van der Waals surface area contributed by atoms with Crippen LogP contribution < -0.4 is 4.74 Å². The lowest BCUT2D eigenvalue weighted by atomic mass is 10.1. The molecule has 0 aliphatic carbocycles. The maximum absolute atomic E-state index is 5.17. The smallest absolute Gasteiger partial charge is 0.124 e. The average molecular weight is 281 g/mol. The number of hydrogen-bond donors (Lipinski definition) is 0. The van der Waals surface area contributed by atoms with Crippen LogP contribution in [0.15, 0.2) is 53.9 Å². The van der Waals surface area contributed by atoms with Crippen LogP contribution in [0.25, 0.3) is 21.8 Å². The zero-order chi connectivity index (χ0) is 13.9. The molecule has 0 fully saturated rings. The van der Waals surface area contributed by atoms with Gasteiger partial charge in [-0.15, -0.1) is 11.3 Å². The van der Waals surface area contributed by atoms with Gasteiger partial charge in [0.05, 0.1) is 12.8 Å². The number of methoxy groups -OCH3 is 1. The van der Waals surface area contributed by atoms with Gasteiger partial charge in [0.15, 0.2) is 0 Å². The summed E-state index contributed by atoms with van der Waals surface area (Å²) in [6.45, 7) is 2.09. The van der Waals surface area contributed by atoms with Gasteiger partial charge >= 0.3 is 0 Å². The van der Waals surface area contributed by atoms with Gasteiger partial charge in [-0.05, 0) is 31.2 Å². The Kier molecular flexibility index (Phi) is 3.52. The summed E-state index contributed by atoms with van der Waals surface area (Å²) in [6.07, 6.45) is 0. The summed E-state index contributed by atoms with van der Waals surface area (Å²) in [4.78, 5) is 4.71. The van der Waals surface area contributed by atoms with Gasteiger partial charge in [-0.1, -0.05) is 29.8 Å². The Hall–Kier alpha value is -2.13. The molecule has 1 aromatic heterocycles. The van der Waals surface area contributed by atoms with Crippen molar-refractivity contribution in [2.45, 2.75) is 6.92 Å². The highest BCUT2D eigenvalue weighted by atomic mass is 32.1. The standard InChI is InChI=1S/C17H15NOS/c1-12-3-5-14(6-4-12)17-18-16(11-20-17)13-7-9-15(19-2)10-8-13/h3-11H,1-2H3. The quantitative estimate of drug-likeness (QED) is 0.688. The number of nitrogens with zero attached hydrogens (tertiary/aromatic N) is 1. The predicted molar refractivity (Wildman–Crippen MR) is 84.3 cm³/mol. The van der Waals surface area contributed by atoms with Crippen molar-refractivity contribution in [3.63, 3.8) is 0 Å². The molecule has 0 bridgehead atoms. The molecule has 0 atom stereocenters. The van der Waals surface area contributed by atoms with Gasteiger partial charge in [-0.2, -0.15) is 0 Å². The minimum absolute atomic E-state index is 0.864. The van der Waals surface area contributed by atoms with E-state index in [-0.39, 0.29) is 0 Å². The molecule has 0 unspecified atom stereocenters. The molecule has 3 heteroatoms. The molecule has 100 valence electrons. The number of ether oxygens (including phenoxy) is 1. The average Bonchev–Trinajstić information content (AvgIpc) is 2.98. The van der Waals surface area contributed by atoms with Crippen LogP contribution in [0.2, 0.25) is 0 Å². The monoisotopic (exact) mass is 281 g/mol. The van der Waals surface area contributed by atoms with Crippen LogP contribution in [0, 0.1) is 6.92 Å². The Bertz CT molecular complexity index is 699. The maximum atomic E-state index is 5.17. The minimum atomic E-state index is 0.864. The van der Waals surface area contributed by atoms with E-state index in [2.05, 4.69) is 36.6 Å². The molecule has 3 rings (SSSR count). The topological polar surface area (TPSA) is 22.1 Å². The lowest BCUT2D eigenvalue weighted by Gasteiger charge is -2.00. The van der Waals surface area contributed by atoms with E-state index in [1.54, 1.807) is 18.4 Å². The molecule has 0 amide bonds. The second-order valence-electron chi connectivity index (χ2n) is 4.63. The second-order valence-corrected chi connectivity index (χ2v) is 5.49. The molecule has 0 saturated carbocycles. The molecule has 0 spiro atoms. The molecule has 1 heterocycles. The normalized spacial score (nSPS) is 10.5. The van der Waals surface area contributed by atoms with Crippen LogP contribution in [-0.4, -0.2) is 12.1 Å². The molecule has 0 aliphatic rings. The van der Waals surface area contributed by atoms with Gasteiger partial charge < -0.3 is 4.74 Å². The summed E-state index contributed by atoms with van der Waals surface area (Å²) in [5.41, 5.74) is 4.55. The van der Waals surface area contributed by atoms with Crippen LogP contribution in [0.5, 0.6) is 5.75 Å². The molecule has 3 aromatic rings. The summed E-state index contributed by atoms with van der Waals surface area (Å²) in [6, 6.07) is 16.4. The molecule has 0 radical (unpaired) electrons. The molecule has 0 N–H and O–H groups in total. The van der Waals surface area contributed by atoms with E-state index in [0.717, 1.165) is 22.0 Å². The first kappa shape index (κ1) is 12.9. The van der Waals surface area contributed by atoms with Crippen LogP contribution in [-0.2, 0) is 0 Å². The fourth-order valence-corrected chi connectivity index (χ4v) is 2.83. The number of rotatable bonds is 3. The zero-order valence-electron chi connectivity index (χ0n) is 11.5. The van der Waals surface area contributed by atoms with E-state index in [1.807, 2.05) is 24.3 Å². The van der Waals surface area contributed by atoms with Gasteiger partial charge in [0, 0.05) is 16.5 Å². The van der Waals surface area contributed by atoms with E-state index in [1.165, 1.54) is 11.1 Å². The van der Waals surface area contributed by atoms with E-state index >= 15 is 0 Å². The van der Waals surface area contributed by atoms with Crippen molar-refractivity contribution >= 4 is 11.3 Å². The molecular weight excluding hydrogens is 266 g/mol. The summed E-state index contributed by atoms with van der Waals surface area (Å²) < 4.78 is 5.17. The third-order valence-electron chi connectivity index (χ3n) is 3.19. The molecule has 0 aliphatic heterocycles. The van der Waals surface area contributed by atoms with Gasteiger partial charge in [-0.3, -0.25) is 0 Å². The maximum Gasteiger partial charge on any atom is 0.124 e. The highest BCUT2D eigenvalue weighted by Crippen LogP contribution is 2.29. The Morgan fingerprint density at radius 3 is 2.20 bits per heavy atom. The fourth-order valence-electron chi connectivity index (χ4n) is 2.00.